The van der Waals surface area contributed by atoms with Crippen LogP contribution < -0.4 is 10.6 Å². The molecule has 1 aromatic carbocycles. The summed E-state index contributed by atoms with van der Waals surface area (Å²) in [5, 5.41) is 5.54. The van der Waals surface area contributed by atoms with Gasteiger partial charge in [0.1, 0.15) is 11.9 Å². The largest absolute Gasteiger partial charge is 0.350 e. The zero-order chi connectivity index (χ0) is 20.6. The molecule has 0 radical (unpaired) electrons. The van der Waals surface area contributed by atoms with E-state index in [2.05, 4.69) is 10.6 Å². The summed E-state index contributed by atoms with van der Waals surface area (Å²) in [6, 6.07) is 4.96. The molecule has 2 aliphatic rings. The van der Waals surface area contributed by atoms with E-state index in [-0.39, 0.29) is 30.5 Å². The fourth-order valence-electron chi connectivity index (χ4n) is 3.84. The monoisotopic (exact) mass is 407 g/mol. The van der Waals surface area contributed by atoms with Crippen molar-refractivity contribution in [1.29, 1.82) is 0 Å². The molecule has 0 spiro atoms. The second-order valence-electron chi connectivity index (χ2n) is 7.59. The minimum Gasteiger partial charge on any atom is -0.350 e. The highest BCUT2D eigenvalue weighted by Gasteiger charge is 2.35. The zero-order valence-electron chi connectivity index (χ0n) is 16.9. The third-order valence-corrected chi connectivity index (χ3v) is 5.35. The van der Waals surface area contributed by atoms with Crippen LogP contribution in [-0.4, -0.2) is 55.5 Å². The van der Waals surface area contributed by atoms with Crippen LogP contribution in [-0.2, 0) is 20.8 Å². The number of amides is 3. The van der Waals surface area contributed by atoms with Gasteiger partial charge in [-0.05, 0) is 37.0 Å². The number of urea groups is 1. The van der Waals surface area contributed by atoms with Gasteiger partial charge in [0.25, 0.3) is 0 Å². The molecular weight excluding hydrogens is 377 g/mol. The Morgan fingerprint density at radius 3 is 2.66 bits per heavy atom. The van der Waals surface area contributed by atoms with Gasteiger partial charge >= 0.3 is 6.03 Å². The van der Waals surface area contributed by atoms with Gasteiger partial charge < -0.3 is 25.0 Å². The summed E-state index contributed by atoms with van der Waals surface area (Å²) in [5.41, 5.74) is 0.787. The number of halogens is 1. The normalized spacial score (nSPS) is 21.0. The van der Waals surface area contributed by atoms with E-state index in [9.17, 15) is 14.0 Å². The van der Waals surface area contributed by atoms with Crippen molar-refractivity contribution in [2.45, 2.75) is 51.5 Å². The predicted molar refractivity (Wildman–Crippen MR) is 105 cm³/mol. The SMILES string of the molecule is CCCC(NC(=O)NCc1ccc(F)cc1)C(=O)N1CCCC(C2OCCO2)C1. The molecule has 3 rings (SSSR count). The first-order valence-corrected chi connectivity index (χ1v) is 10.4. The molecule has 2 aliphatic heterocycles. The summed E-state index contributed by atoms with van der Waals surface area (Å²) in [7, 11) is 0. The van der Waals surface area contributed by atoms with Gasteiger partial charge in [-0.25, -0.2) is 9.18 Å². The smallest absolute Gasteiger partial charge is 0.315 e. The van der Waals surface area contributed by atoms with Crippen molar-refractivity contribution in [3.8, 4) is 0 Å². The molecule has 7 nitrogen and oxygen atoms in total. The van der Waals surface area contributed by atoms with E-state index in [1.807, 2.05) is 11.8 Å². The van der Waals surface area contributed by atoms with Gasteiger partial charge in [-0.1, -0.05) is 25.5 Å². The first-order valence-electron chi connectivity index (χ1n) is 10.4. The second-order valence-corrected chi connectivity index (χ2v) is 7.59. The van der Waals surface area contributed by atoms with Crippen LogP contribution in [0.1, 0.15) is 38.2 Å². The standard InChI is InChI=1S/C21H30FN3O4/c1-2-4-18(24-21(27)23-13-15-6-8-17(22)9-7-15)19(26)25-10-3-5-16(14-25)20-28-11-12-29-20/h6-9,16,18,20H,2-5,10-14H2,1H3,(H2,23,24,27). The number of piperidine rings is 1. The van der Waals surface area contributed by atoms with Crippen molar-refractivity contribution in [1.82, 2.24) is 15.5 Å². The minimum atomic E-state index is -0.572. The lowest BCUT2D eigenvalue weighted by molar-refractivity contribution is -0.141. The van der Waals surface area contributed by atoms with E-state index in [4.69, 9.17) is 9.47 Å². The van der Waals surface area contributed by atoms with Crippen molar-refractivity contribution in [3.63, 3.8) is 0 Å². The number of rotatable bonds is 7. The van der Waals surface area contributed by atoms with Crippen LogP contribution in [0.15, 0.2) is 24.3 Å². The van der Waals surface area contributed by atoms with Crippen molar-refractivity contribution in [2.24, 2.45) is 5.92 Å². The molecular formula is C21H30FN3O4. The second kappa shape index (κ2) is 10.5. The number of carbonyl (C=O) groups is 2. The third kappa shape index (κ3) is 6.14. The van der Waals surface area contributed by atoms with Crippen LogP contribution in [0, 0.1) is 11.7 Å². The van der Waals surface area contributed by atoms with Crippen molar-refractivity contribution in [2.75, 3.05) is 26.3 Å². The molecule has 0 bridgehead atoms. The van der Waals surface area contributed by atoms with Crippen molar-refractivity contribution in [3.05, 3.63) is 35.6 Å². The number of benzene rings is 1. The Hall–Kier alpha value is -2.19. The molecule has 29 heavy (non-hydrogen) atoms. The van der Waals surface area contributed by atoms with Crippen LogP contribution in [0.25, 0.3) is 0 Å². The molecule has 160 valence electrons. The van der Waals surface area contributed by atoms with Gasteiger partial charge in [0.15, 0.2) is 6.29 Å². The summed E-state index contributed by atoms with van der Waals surface area (Å²) >= 11 is 0. The Kier molecular flexibility index (Phi) is 7.83. The van der Waals surface area contributed by atoms with E-state index >= 15 is 0 Å². The van der Waals surface area contributed by atoms with E-state index in [0.717, 1.165) is 24.8 Å². The molecule has 2 atom stereocenters. The van der Waals surface area contributed by atoms with Gasteiger partial charge in [-0.3, -0.25) is 4.79 Å². The number of nitrogens with zero attached hydrogens (tertiary/aromatic N) is 1. The van der Waals surface area contributed by atoms with Crippen LogP contribution in [0.2, 0.25) is 0 Å². The van der Waals surface area contributed by atoms with Gasteiger partial charge in [-0.15, -0.1) is 0 Å². The lowest BCUT2D eigenvalue weighted by Gasteiger charge is -2.36. The Bertz CT molecular complexity index is 679. The molecule has 2 fully saturated rings. The number of nitrogens with one attached hydrogen (secondary N) is 2. The topological polar surface area (TPSA) is 79.9 Å². The fraction of sp³-hybridized carbons (Fsp3) is 0.619. The maximum atomic E-state index is 13.1. The van der Waals surface area contributed by atoms with Gasteiger partial charge in [0.2, 0.25) is 5.91 Å². The Morgan fingerprint density at radius 2 is 1.97 bits per heavy atom. The minimum absolute atomic E-state index is 0.0634. The maximum Gasteiger partial charge on any atom is 0.315 e. The van der Waals surface area contributed by atoms with Crippen LogP contribution in [0.4, 0.5) is 9.18 Å². The summed E-state index contributed by atoms with van der Waals surface area (Å²) in [6.07, 6.45) is 2.98. The summed E-state index contributed by atoms with van der Waals surface area (Å²) in [6.45, 7) is 4.72. The molecule has 2 saturated heterocycles. The van der Waals surface area contributed by atoms with E-state index in [0.29, 0.717) is 32.7 Å². The highest BCUT2D eigenvalue weighted by Crippen LogP contribution is 2.25. The molecule has 3 amide bonds. The number of hydrogen-bond donors (Lipinski definition) is 2. The lowest BCUT2D eigenvalue weighted by Crippen LogP contribution is -2.54. The average Bonchev–Trinajstić information content (AvgIpc) is 3.28. The van der Waals surface area contributed by atoms with Crippen LogP contribution in [0.3, 0.4) is 0 Å². The third-order valence-electron chi connectivity index (χ3n) is 5.35. The van der Waals surface area contributed by atoms with Crippen molar-refractivity contribution < 1.29 is 23.5 Å². The van der Waals surface area contributed by atoms with Gasteiger partial charge in [0, 0.05) is 25.6 Å². The zero-order valence-corrected chi connectivity index (χ0v) is 16.9. The highest BCUT2D eigenvalue weighted by molar-refractivity contribution is 5.87. The summed E-state index contributed by atoms with van der Waals surface area (Å²) < 4.78 is 24.2. The molecule has 0 aromatic heterocycles. The average molecular weight is 407 g/mol. The van der Waals surface area contributed by atoms with Crippen LogP contribution >= 0.6 is 0 Å². The summed E-state index contributed by atoms with van der Waals surface area (Å²) in [5.74, 6) is -0.212. The number of ether oxygens (including phenoxy) is 2. The number of carbonyl (C=O) groups excluding carboxylic acids is 2. The van der Waals surface area contributed by atoms with E-state index < -0.39 is 12.1 Å². The fourth-order valence-corrected chi connectivity index (χ4v) is 3.84. The van der Waals surface area contributed by atoms with Gasteiger partial charge in [0.05, 0.1) is 13.2 Å². The first-order chi connectivity index (χ1) is 14.1. The Labute approximate surface area is 170 Å². The number of likely N-dealkylation sites (tertiary alicyclic amines) is 1. The van der Waals surface area contributed by atoms with E-state index in [1.165, 1.54) is 12.1 Å². The maximum absolute atomic E-state index is 13.1. The number of hydrogen-bond acceptors (Lipinski definition) is 4. The Morgan fingerprint density at radius 1 is 1.24 bits per heavy atom. The predicted octanol–water partition coefficient (Wildman–Crippen LogP) is 2.41. The lowest BCUT2D eigenvalue weighted by atomic mass is 9.96. The molecule has 2 heterocycles. The van der Waals surface area contributed by atoms with Crippen LogP contribution in [0.5, 0.6) is 0 Å². The molecule has 2 N–H and O–H groups in total. The first kappa shape index (κ1) is 21.5. The summed E-state index contributed by atoms with van der Waals surface area (Å²) in [4.78, 5) is 27.2. The highest BCUT2D eigenvalue weighted by atomic mass is 19.1. The molecule has 0 aliphatic carbocycles. The quantitative estimate of drug-likeness (QED) is 0.728. The Balaban J connectivity index is 1.52. The molecule has 8 heteroatoms. The molecule has 2 unspecified atom stereocenters. The van der Waals surface area contributed by atoms with E-state index in [1.54, 1.807) is 12.1 Å². The van der Waals surface area contributed by atoms with Crippen molar-refractivity contribution >= 4 is 11.9 Å². The van der Waals surface area contributed by atoms with Gasteiger partial charge in [-0.2, -0.15) is 0 Å². The molecule has 0 saturated carbocycles. The molecule has 1 aromatic rings.